The van der Waals surface area contributed by atoms with Gasteiger partial charge in [0.1, 0.15) is 0 Å². The van der Waals surface area contributed by atoms with Gasteiger partial charge in [0.25, 0.3) is 5.91 Å². The highest BCUT2D eigenvalue weighted by molar-refractivity contribution is 5.99. The molecule has 21 heavy (non-hydrogen) atoms. The van der Waals surface area contributed by atoms with Crippen LogP contribution in [-0.2, 0) is 0 Å². The summed E-state index contributed by atoms with van der Waals surface area (Å²) < 4.78 is 0. The Morgan fingerprint density at radius 2 is 2.00 bits per heavy atom. The van der Waals surface area contributed by atoms with E-state index in [4.69, 9.17) is 0 Å². The second-order valence-electron chi connectivity index (χ2n) is 5.82. The van der Waals surface area contributed by atoms with Crippen LogP contribution in [0.1, 0.15) is 36.8 Å². The fraction of sp³-hybridized carbons (Fsp3) is 0.625. The first kappa shape index (κ1) is 15.8. The maximum Gasteiger partial charge on any atom is 0.257 e. The van der Waals surface area contributed by atoms with Crippen molar-refractivity contribution in [2.24, 2.45) is 0 Å². The van der Waals surface area contributed by atoms with Crippen molar-refractivity contribution in [1.82, 2.24) is 14.8 Å². The molecule has 5 heteroatoms. The lowest BCUT2D eigenvalue weighted by atomic mass is 10.1. The molecular formula is C16H26N4O. The first-order valence-corrected chi connectivity index (χ1v) is 7.76. The fourth-order valence-electron chi connectivity index (χ4n) is 2.68. The third-order valence-corrected chi connectivity index (χ3v) is 3.97. The molecule has 1 aromatic rings. The number of carbonyl (C=O) groups excluding carboxylic acids is 1. The molecule has 2 rings (SSSR count). The molecule has 1 fully saturated rings. The summed E-state index contributed by atoms with van der Waals surface area (Å²) in [7, 11) is 0. The number of rotatable bonds is 4. The van der Waals surface area contributed by atoms with Crippen molar-refractivity contribution in [3.63, 3.8) is 0 Å². The molecule has 2 heterocycles. The Morgan fingerprint density at radius 3 is 2.57 bits per heavy atom. The molecule has 0 aliphatic carbocycles. The predicted octanol–water partition coefficient (Wildman–Crippen LogP) is 1.99. The second kappa shape index (κ2) is 6.89. The van der Waals surface area contributed by atoms with Crippen molar-refractivity contribution in [3.8, 4) is 0 Å². The van der Waals surface area contributed by atoms with Crippen molar-refractivity contribution in [2.45, 2.75) is 33.7 Å². The minimum Gasteiger partial charge on any atom is -0.385 e. The summed E-state index contributed by atoms with van der Waals surface area (Å²) in [6, 6.07) is 2.49. The summed E-state index contributed by atoms with van der Waals surface area (Å²) in [5.74, 6) is 0.0851. The van der Waals surface area contributed by atoms with E-state index in [1.54, 1.807) is 6.20 Å². The van der Waals surface area contributed by atoms with E-state index in [1.165, 1.54) is 0 Å². The fourth-order valence-corrected chi connectivity index (χ4v) is 2.68. The monoisotopic (exact) mass is 290 g/mol. The van der Waals surface area contributed by atoms with Crippen LogP contribution in [0.15, 0.2) is 12.3 Å². The highest BCUT2D eigenvalue weighted by atomic mass is 16.2. The number of aryl methyl sites for hydroxylation is 1. The normalized spacial score (nSPS) is 16.3. The number of nitrogens with one attached hydrogen (secondary N) is 1. The third kappa shape index (κ3) is 3.73. The molecule has 1 amide bonds. The zero-order valence-electron chi connectivity index (χ0n) is 13.5. The van der Waals surface area contributed by atoms with Crippen LogP contribution in [0.3, 0.4) is 0 Å². The predicted molar refractivity (Wildman–Crippen MR) is 85.8 cm³/mol. The number of piperazine rings is 1. The molecule has 1 aliphatic heterocycles. The molecule has 0 atom stereocenters. The second-order valence-corrected chi connectivity index (χ2v) is 5.82. The molecule has 1 N–H and O–H groups in total. The number of hydrogen-bond acceptors (Lipinski definition) is 4. The summed E-state index contributed by atoms with van der Waals surface area (Å²) in [5, 5.41) is 3.27. The van der Waals surface area contributed by atoms with Gasteiger partial charge in [-0.3, -0.25) is 14.7 Å². The minimum atomic E-state index is 0.0851. The van der Waals surface area contributed by atoms with Crippen LogP contribution in [0.5, 0.6) is 0 Å². The molecule has 1 saturated heterocycles. The topological polar surface area (TPSA) is 48.5 Å². The van der Waals surface area contributed by atoms with Crippen LogP contribution >= 0.6 is 0 Å². The largest absolute Gasteiger partial charge is 0.385 e. The van der Waals surface area contributed by atoms with Crippen LogP contribution in [0, 0.1) is 6.92 Å². The molecule has 0 saturated carbocycles. The minimum absolute atomic E-state index is 0.0851. The quantitative estimate of drug-likeness (QED) is 0.921. The maximum absolute atomic E-state index is 12.7. The van der Waals surface area contributed by atoms with Gasteiger partial charge in [0.2, 0.25) is 0 Å². The molecule has 1 aliphatic rings. The number of aromatic nitrogens is 1. The lowest BCUT2D eigenvalue weighted by Crippen LogP contribution is -2.50. The van der Waals surface area contributed by atoms with E-state index in [2.05, 4.69) is 29.0 Å². The van der Waals surface area contributed by atoms with E-state index >= 15 is 0 Å². The number of amides is 1. The lowest BCUT2D eigenvalue weighted by molar-refractivity contribution is 0.0596. The van der Waals surface area contributed by atoms with Gasteiger partial charge in [-0.2, -0.15) is 0 Å². The number of carbonyl (C=O) groups is 1. The summed E-state index contributed by atoms with van der Waals surface area (Å²) in [6.45, 7) is 12.6. The number of nitrogens with zero attached hydrogens (tertiary/aromatic N) is 3. The van der Waals surface area contributed by atoms with Gasteiger partial charge >= 0.3 is 0 Å². The van der Waals surface area contributed by atoms with E-state index in [-0.39, 0.29) is 5.91 Å². The summed E-state index contributed by atoms with van der Waals surface area (Å²) in [6.07, 6.45) is 1.70. The van der Waals surface area contributed by atoms with Gasteiger partial charge in [0, 0.05) is 50.7 Å². The van der Waals surface area contributed by atoms with Crippen LogP contribution in [-0.4, -0.2) is 59.5 Å². The van der Waals surface area contributed by atoms with Crippen molar-refractivity contribution >= 4 is 11.6 Å². The van der Waals surface area contributed by atoms with Crippen molar-refractivity contribution in [1.29, 1.82) is 0 Å². The molecule has 116 valence electrons. The van der Waals surface area contributed by atoms with E-state index < -0.39 is 0 Å². The van der Waals surface area contributed by atoms with Crippen molar-refractivity contribution in [2.75, 3.05) is 38.0 Å². The first-order chi connectivity index (χ1) is 10.0. The maximum atomic E-state index is 12.7. The van der Waals surface area contributed by atoms with Gasteiger partial charge in [-0.15, -0.1) is 0 Å². The molecular weight excluding hydrogens is 264 g/mol. The van der Waals surface area contributed by atoms with Crippen LogP contribution < -0.4 is 5.32 Å². The first-order valence-electron chi connectivity index (χ1n) is 7.76. The Bertz CT molecular complexity index is 493. The molecule has 0 unspecified atom stereocenters. The molecule has 5 nitrogen and oxygen atoms in total. The molecule has 0 radical (unpaired) electrons. The summed E-state index contributed by atoms with van der Waals surface area (Å²) in [5.41, 5.74) is 2.49. The number of hydrogen-bond donors (Lipinski definition) is 1. The highest BCUT2D eigenvalue weighted by Gasteiger charge is 2.25. The zero-order valence-corrected chi connectivity index (χ0v) is 13.5. The molecule has 0 aromatic carbocycles. The standard InChI is InChI=1S/C16H26N4O/c1-5-17-15-10-13(4)18-11-14(15)16(21)20-8-6-19(7-9-20)12(2)3/h10-12H,5-9H2,1-4H3,(H,17,18). The lowest BCUT2D eigenvalue weighted by Gasteiger charge is -2.37. The third-order valence-electron chi connectivity index (χ3n) is 3.97. The van der Waals surface area contributed by atoms with E-state index in [0.29, 0.717) is 11.6 Å². The van der Waals surface area contributed by atoms with Crippen molar-refractivity contribution < 1.29 is 4.79 Å². The SMILES string of the molecule is CCNc1cc(C)ncc1C(=O)N1CCN(C(C)C)CC1. The van der Waals surface area contributed by atoms with Gasteiger partial charge in [-0.05, 0) is 33.8 Å². The van der Waals surface area contributed by atoms with Crippen LogP contribution in [0.4, 0.5) is 5.69 Å². The average molecular weight is 290 g/mol. The molecule has 0 spiro atoms. The summed E-state index contributed by atoms with van der Waals surface area (Å²) >= 11 is 0. The van der Waals surface area contributed by atoms with Gasteiger partial charge in [-0.25, -0.2) is 0 Å². The highest BCUT2D eigenvalue weighted by Crippen LogP contribution is 2.19. The van der Waals surface area contributed by atoms with E-state index in [9.17, 15) is 4.79 Å². The van der Waals surface area contributed by atoms with Gasteiger partial charge in [-0.1, -0.05) is 0 Å². The van der Waals surface area contributed by atoms with Crippen LogP contribution in [0.2, 0.25) is 0 Å². The van der Waals surface area contributed by atoms with E-state index in [0.717, 1.165) is 44.1 Å². The number of pyridine rings is 1. The Balaban J connectivity index is 2.10. The smallest absolute Gasteiger partial charge is 0.257 e. The molecule has 1 aromatic heterocycles. The van der Waals surface area contributed by atoms with Crippen molar-refractivity contribution in [3.05, 3.63) is 23.5 Å². The molecule has 0 bridgehead atoms. The Labute approximate surface area is 127 Å². The summed E-state index contributed by atoms with van der Waals surface area (Å²) in [4.78, 5) is 21.3. The number of anilines is 1. The Morgan fingerprint density at radius 1 is 1.33 bits per heavy atom. The Hall–Kier alpha value is -1.62. The van der Waals surface area contributed by atoms with Gasteiger partial charge < -0.3 is 10.2 Å². The zero-order chi connectivity index (χ0) is 15.4. The average Bonchev–Trinajstić information content (AvgIpc) is 2.47. The van der Waals surface area contributed by atoms with Gasteiger partial charge in [0.15, 0.2) is 0 Å². The van der Waals surface area contributed by atoms with Gasteiger partial charge in [0.05, 0.1) is 11.3 Å². The Kier molecular flexibility index (Phi) is 5.17. The van der Waals surface area contributed by atoms with E-state index in [1.807, 2.05) is 24.8 Å². The van der Waals surface area contributed by atoms with Crippen LogP contribution in [0.25, 0.3) is 0 Å².